The molecule has 0 bridgehead atoms. The number of benzene rings is 1. The van der Waals surface area contributed by atoms with E-state index in [4.69, 9.17) is 4.74 Å². The third-order valence-electron chi connectivity index (χ3n) is 3.23. The van der Waals surface area contributed by atoms with E-state index in [1.54, 1.807) is 0 Å². The third kappa shape index (κ3) is 1.54. The Hall–Kier alpha value is -1.57. The van der Waals surface area contributed by atoms with Gasteiger partial charge in [-0.1, -0.05) is 18.2 Å². The molecule has 0 fully saturated rings. The molecule has 0 N–H and O–H groups in total. The number of aryl methyl sites for hydroxylation is 1. The van der Waals surface area contributed by atoms with Crippen LogP contribution in [0.2, 0.25) is 0 Å². The van der Waals surface area contributed by atoms with Gasteiger partial charge in [0.05, 0.1) is 5.41 Å². The fraction of sp³-hybridized carbons (Fsp3) is 0.357. The second kappa shape index (κ2) is 3.78. The molecule has 2 nitrogen and oxygen atoms in total. The molecule has 0 saturated heterocycles. The average molecular weight is 216 g/mol. The van der Waals surface area contributed by atoms with Gasteiger partial charge < -0.3 is 4.74 Å². The summed E-state index contributed by atoms with van der Waals surface area (Å²) in [5, 5.41) is 0. The summed E-state index contributed by atoms with van der Waals surface area (Å²) in [6.45, 7) is 7.63. The standard InChI is InChI=1S/C14H16O2/c1-4-5-8-14(3)11-7-6-10(2)9-12(11)16-13(14)15/h4,6-7,9H,1,5,8H2,2-3H3. The maximum atomic E-state index is 11.9. The topological polar surface area (TPSA) is 26.3 Å². The van der Waals surface area contributed by atoms with Gasteiger partial charge >= 0.3 is 5.97 Å². The Bertz CT molecular complexity index is 448. The molecule has 0 saturated carbocycles. The van der Waals surface area contributed by atoms with Gasteiger partial charge in [0.25, 0.3) is 0 Å². The maximum absolute atomic E-state index is 11.9. The zero-order valence-corrected chi connectivity index (χ0v) is 9.75. The summed E-state index contributed by atoms with van der Waals surface area (Å²) in [5.74, 6) is 0.575. The van der Waals surface area contributed by atoms with Crippen molar-refractivity contribution >= 4 is 5.97 Å². The molecule has 0 amide bonds. The third-order valence-corrected chi connectivity index (χ3v) is 3.23. The Morgan fingerprint density at radius 1 is 1.50 bits per heavy atom. The first-order chi connectivity index (χ1) is 7.58. The Labute approximate surface area is 95.9 Å². The van der Waals surface area contributed by atoms with Crippen molar-refractivity contribution in [3.63, 3.8) is 0 Å². The molecule has 0 radical (unpaired) electrons. The monoisotopic (exact) mass is 216 g/mol. The fourth-order valence-electron chi connectivity index (χ4n) is 2.12. The molecular weight excluding hydrogens is 200 g/mol. The minimum absolute atomic E-state index is 0.144. The van der Waals surface area contributed by atoms with Crippen LogP contribution in [0.4, 0.5) is 0 Å². The molecule has 1 unspecified atom stereocenters. The van der Waals surface area contributed by atoms with Crippen LogP contribution < -0.4 is 4.74 Å². The highest BCUT2D eigenvalue weighted by Crippen LogP contribution is 2.42. The van der Waals surface area contributed by atoms with E-state index >= 15 is 0 Å². The first-order valence-corrected chi connectivity index (χ1v) is 5.52. The molecule has 2 heteroatoms. The number of hydrogen-bond acceptors (Lipinski definition) is 2. The van der Waals surface area contributed by atoms with Crippen LogP contribution in [0.3, 0.4) is 0 Å². The molecule has 2 rings (SSSR count). The first kappa shape index (κ1) is 10.9. The van der Waals surface area contributed by atoms with Gasteiger partial charge in [0.2, 0.25) is 0 Å². The van der Waals surface area contributed by atoms with Gasteiger partial charge in [-0.3, -0.25) is 4.79 Å². The summed E-state index contributed by atoms with van der Waals surface area (Å²) in [5.41, 5.74) is 1.61. The molecule has 16 heavy (non-hydrogen) atoms. The van der Waals surface area contributed by atoms with Gasteiger partial charge in [0.15, 0.2) is 0 Å². The lowest BCUT2D eigenvalue weighted by Gasteiger charge is -2.19. The van der Waals surface area contributed by atoms with Crippen LogP contribution in [0.1, 0.15) is 30.9 Å². The lowest BCUT2D eigenvalue weighted by Crippen LogP contribution is -2.29. The van der Waals surface area contributed by atoms with E-state index in [-0.39, 0.29) is 5.97 Å². The summed E-state index contributed by atoms with van der Waals surface area (Å²) in [6, 6.07) is 5.94. The van der Waals surface area contributed by atoms with Crippen LogP contribution in [0.25, 0.3) is 0 Å². The fourth-order valence-corrected chi connectivity index (χ4v) is 2.12. The number of allylic oxidation sites excluding steroid dienone is 1. The summed E-state index contributed by atoms with van der Waals surface area (Å²) >= 11 is 0. The number of carbonyl (C=O) groups is 1. The van der Waals surface area contributed by atoms with Crippen LogP contribution in [-0.2, 0) is 10.2 Å². The molecule has 0 aromatic heterocycles. The summed E-state index contributed by atoms with van der Waals surface area (Å²) in [4.78, 5) is 11.9. The Morgan fingerprint density at radius 3 is 2.94 bits per heavy atom. The summed E-state index contributed by atoms with van der Waals surface area (Å²) in [6.07, 6.45) is 3.41. The first-order valence-electron chi connectivity index (χ1n) is 5.52. The smallest absolute Gasteiger partial charge is 0.321 e. The molecule has 1 aromatic rings. The molecule has 1 aromatic carbocycles. The number of fused-ring (bicyclic) bond motifs is 1. The molecule has 1 aliphatic rings. The zero-order chi connectivity index (χ0) is 11.8. The van der Waals surface area contributed by atoms with Crippen molar-refractivity contribution in [2.45, 2.75) is 32.1 Å². The predicted octanol–water partition coefficient (Wildman–Crippen LogP) is 3.14. The van der Waals surface area contributed by atoms with Gasteiger partial charge in [-0.15, -0.1) is 6.58 Å². The van der Waals surface area contributed by atoms with E-state index in [1.807, 2.05) is 38.1 Å². The van der Waals surface area contributed by atoms with Crippen molar-refractivity contribution in [2.24, 2.45) is 0 Å². The quantitative estimate of drug-likeness (QED) is 0.441. The number of rotatable bonds is 3. The van der Waals surface area contributed by atoms with Crippen molar-refractivity contribution < 1.29 is 9.53 Å². The minimum Gasteiger partial charge on any atom is -0.426 e. The highest BCUT2D eigenvalue weighted by molar-refractivity contribution is 5.90. The van der Waals surface area contributed by atoms with Crippen molar-refractivity contribution in [1.82, 2.24) is 0 Å². The number of carbonyl (C=O) groups excluding carboxylic acids is 1. The molecule has 1 aliphatic heterocycles. The van der Waals surface area contributed by atoms with Gasteiger partial charge in [0.1, 0.15) is 5.75 Å². The van der Waals surface area contributed by atoms with E-state index in [1.165, 1.54) is 0 Å². The normalized spacial score (nSPS) is 22.8. The van der Waals surface area contributed by atoms with E-state index in [2.05, 4.69) is 6.58 Å². The van der Waals surface area contributed by atoms with Crippen molar-refractivity contribution in [1.29, 1.82) is 0 Å². The Morgan fingerprint density at radius 2 is 2.25 bits per heavy atom. The van der Waals surface area contributed by atoms with Crippen LogP contribution in [0, 0.1) is 6.92 Å². The SMILES string of the molecule is C=CCCC1(C)C(=O)Oc2cc(C)ccc21. The van der Waals surface area contributed by atoms with E-state index in [0.29, 0.717) is 0 Å². The van der Waals surface area contributed by atoms with E-state index < -0.39 is 5.41 Å². The Kier molecular flexibility index (Phi) is 2.58. The number of esters is 1. The van der Waals surface area contributed by atoms with Crippen molar-refractivity contribution in [3.8, 4) is 5.75 Å². The lowest BCUT2D eigenvalue weighted by atomic mass is 9.79. The molecule has 84 valence electrons. The van der Waals surface area contributed by atoms with Crippen LogP contribution in [0.15, 0.2) is 30.9 Å². The van der Waals surface area contributed by atoms with Crippen molar-refractivity contribution in [2.75, 3.05) is 0 Å². The number of hydrogen-bond donors (Lipinski definition) is 0. The predicted molar refractivity (Wildman–Crippen MR) is 63.6 cm³/mol. The summed E-state index contributed by atoms with van der Waals surface area (Å²) < 4.78 is 5.33. The van der Waals surface area contributed by atoms with E-state index in [9.17, 15) is 4.79 Å². The van der Waals surface area contributed by atoms with Crippen LogP contribution >= 0.6 is 0 Å². The lowest BCUT2D eigenvalue weighted by molar-refractivity contribution is -0.137. The van der Waals surface area contributed by atoms with Crippen LogP contribution in [-0.4, -0.2) is 5.97 Å². The van der Waals surface area contributed by atoms with Gasteiger partial charge in [-0.25, -0.2) is 0 Å². The molecule has 0 spiro atoms. The Balaban J connectivity index is 2.42. The van der Waals surface area contributed by atoms with Gasteiger partial charge in [-0.2, -0.15) is 0 Å². The zero-order valence-electron chi connectivity index (χ0n) is 9.75. The minimum atomic E-state index is -0.503. The van der Waals surface area contributed by atoms with Gasteiger partial charge in [0, 0.05) is 5.56 Å². The molecule has 0 aliphatic carbocycles. The molecule has 1 heterocycles. The molecular formula is C14H16O2. The second-order valence-electron chi connectivity index (χ2n) is 4.55. The van der Waals surface area contributed by atoms with Crippen molar-refractivity contribution in [3.05, 3.63) is 42.0 Å². The highest BCUT2D eigenvalue weighted by Gasteiger charge is 2.44. The summed E-state index contributed by atoms with van der Waals surface area (Å²) in [7, 11) is 0. The largest absolute Gasteiger partial charge is 0.426 e. The molecule has 1 atom stereocenters. The van der Waals surface area contributed by atoms with Crippen LogP contribution in [0.5, 0.6) is 5.75 Å². The van der Waals surface area contributed by atoms with Gasteiger partial charge in [-0.05, 0) is 38.3 Å². The number of ether oxygens (including phenoxy) is 1. The average Bonchev–Trinajstić information content (AvgIpc) is 2.48. The maximum Gasteiger partial charge on any atom is 0.321 e. The second-order valence-corrected chi connectivity index (χ2v) is 4.55. The highest BCUT2D eigenvalue weighted by atomic mass is 16.5. The van der Waals surface area contributed by atoms with E-state index in [0.717, 1.165) is 29.7 Å².